The highest BCUT2D eigenvalue weighted by atomic mass is 16.1. The van der Waals surface area contributed by atoms with Crippen molar-refractivity contribution in [2.75, 3.05) is 11.1 Å². The number of carbonyl (C=O) groups is 1. The number of aromatic nitrogens is 3. The first-order valence-electron chi connectivity index (χ1n) is 8.67. The Balaban J connectivity index is 1.45. The van der Waals surface area contributed by atoms with Crippen LogP contribution in [-0.4, -0.2) is 20.2 Å². The molecule has 6 heteroatoms. The molecule has 0 unspecified atom stereocenters. The number of anilines is 2. The van der Waals surface area contributed by atoms with Crippen molar-refractivity contribution in [1.82, 2.24) is 14.4 Å². The minimum atomic E-state index is 0.000290. The van der Waals surface area contributed by atoms with Crippen molar-refractivity contribution in [3.8, 4) is 0 Å². The van der Waals surface area contributed by atoms with Crippen LogP contribution in [0.25, 0.3) is 5.52 Å². The normalized spacial score (nSPS) is 10.8. The fourth-order valence-corrected chi connectivity index (χ4v) is 2.98. The number of benzene rings is 1. The Morgan fingerprint density at radius 2 is 1.93 bits per heavy atom. The van der Waals surface area contributed by atoms with Crippen LogP contribution in [0.15, 0.2) is 73.3 Å². The fraction of sp³-hybridized carbons (Fsp3) is 0.0952. The summed E-state index contributed by atoms with van der Waals surface area (Å²) in [5.41, 5.74) is 10.1. The lowest BCUT2D eigenvalue weighted by Crippen LogP contribution is -2.08. The first-order chi connectivity index (χ1) is 13.2. The monoisotopic (exact) mass is 357 g/mol. The summed E-state index contributed by atoms with van der Waals surface area (Å²) in [5.74, 6) is 0.469. The number of ketones is 1. The molecule has 0 bridgehead atoms. The van der Waals surface area contributed by atoms with Gasteiger partial charge < -0.3 is 15.5 Å². The highest BCUT2D eigenvalue weighted by Gasteiger charge is 2.10. The Labute approximate surface area is 156 Å². The van der Waals surface area contributed by atoms with E-state index >= 15 is 0 Å². The number of fused-ring (bicyclic) bond motifs is 1. The van der Waals surface area contributed by atoms with Gasteiger partial charge in [-0.1, -0.05) is 24.3 Å². The summed E-state index contributed by atoms with van der Waals surface area (Å²) >= 11 is 0. The van der Waals surface area contributed by atoms with E-state index in [1.54, 1.807) is 12.5 Å². The molecule has 0 aliphatic rings. The van der Waals surface area contributed by atoms with Crippen molar-refractivity contribution < 1.29 is 4.79 Å². The zero-order valence-corrected chi connectivity index (χ0v) is 14.7. The van der Waals surface area contributed by atoms with Crippen LogP contribution in [0, 0.1) is 0 Å². The summed E-state index contributed by atoms with van der Waals surface area (Å²) in [6, 6.07) is 17.4. The van der Waals surface area contributed by atoms with Gasteiger partial charge in [0.05, 0.1) is 12.0 Å². The minimum Gasteiger partial charge on any atom is -0.382 e. The average molecular weight is 357 g/mol. The van der Waals surface area contributed by atoms with Gasteiger partial charge in [0.25, 0.3) is 0 Å². The molecule has 1 aromatic carbocycles. The number of rotatable bonds is 6. The number of nitrogens with one attached hydrogen (secondary N) is 1. The summed E-state index contributed by atoms with van der Waals surface area (Å²) in [4.78, 5) is 20.9. The zero-order chi connectivity index (χ0) is 18.6. The van der Waals surface area contributed by atoms with Gasteiger partial charge in [-0.2, -0.15) is 0 Å². The smallest absolute Gasteiger partial charge is 0.185 e. The second-order valence-corrected chi connectivity index (χ2v) is 6.32. The van der Waals surface area contributed by atoms with Crippen molar-refractivity contribution in [3.05, 3.63) is 90.1 Å². The molecule has 0 atom stereocenters. The van der Waals surface area contributed by atoms with Crippen LogP contribution in [0.5, 0.6) is 0 Å². The molecule has 6 nitrogen and oxygen atoms in total. The molecule has 134 valence electrons. The second kappa shape index (κ2) is 7.29. The summed E-state index contributed by atoms with van der Waals surface area (Å²) in [7, 11) is 0. The molecule has 0 fully saturated rings. The number of nitrogens with two attached hydrogens (primary N) is 1. The molecule has 0 aliphatic heterocycles. The molecule has 3 N–H and O–H groups in total. The van der Waals surface area contributed by atoms with Crippen molar-refractivity contribution in [1.29, 1.82) is 0 Å². The molecule has 3 heterocycles. The van der Waals surface area contributed by atoms with Gasteiger partial charge >= 0.3 is 0 Å². The lowest BCUT2D eigenvalue weighted by molar-refractivity contribution is 0.0988. The average Bonchev–Trinajstić information content (AvgIpc) is 3.15. The van der Waals surface area contributed by atoms with Gasteiger partial charge in [-0.25, -0.2) is 9.97 Å². The predicted octanol–water partition coefficient (Wildman–Crippen LogP) is 3.35. The maximum Gasteiger partial charge on any atom is 0.185 e. The van der Waals surface area contributed by atoms with Crippen LogP contribution in [0.4, 0.5) is 11.5 Å². The van der Waals surface area contributed by atoms with E-state index in [1.165, 1.54) is 0 Å². The molecule has 0 saturated heterocycles. The van der Waals surface area contributed by atoms with Crippen LogP contribution in [0.2, 0.25) is 0 Å². The molecule has 0 aliphatic carbocycles. The van der Waals surface area contributed by atoms with E-state index in [0.29, 0.717) is 24.5 Å². The van der Waals surface area contributed by atoms with E-state index in [2.05, 4.69) is 15.3 Å². The van der Waals surface area contributed by atoms with Gasteiger partial charge in [-0.15, -0.1) is 0 Å². The van der Waals surface area contributed by atoms with E-state index in [-0.39, 0.29) is 5.78 Å². The molecule has 0 saturated carbocycles. The maximum absolute atomic E-state index is 12.6. The topological polar surface area (TPSA) is 85.3 Å². The molecule has 0 radical (unpaired) electrons. The second-order valence-electron chi connectivity index (χ2n) is 6.32. The van der Waals surface area contributed by atoms with Gasteiger partial charge in [0.15, 0.2) is 5.78 Å². The number of nitrogen functional groups attached to an aromatic ring is 1. The number of carbonyl (C=O) groups excluding carboxylic acids is 1. The van der Waals surface area contributed by atoms with Gasteiger partial charge in [0.2, 0.25) is 0 Å². The first kappa shape index (κ1) is 16.8. The van der Waals surface area contributed by atoms with Crippen molar-refractivity contribution in [2.24, 2.45) is 0 Å². The van der Waals surface area contributed by atoms with E-state index < -0.39 is 0 Å². The highest BCUT2D eigenvalue weighted by molar-refractivity contribution is 5.96. The summed E-state index contributed by atoms with van der Waals surface area (Å²) < 4.78 is 1.88. The van der Waals surface area contributed by atoms with Crippen LogP contribution >= 0.6 is 0 Å². The van der Waals surface area contributed by atoms with Crippen molar-refractivity contribution >= 4 is 22.8 Å². The van der Waals surface area contributed by atoms with Gasteiger partial charge in [0, 0.05) is 30.9 Å². The van der Waals surface area contributed by atoms with Crippen LogP contribution in [-0.2, 0) is 13.0 Å². The first-order valence-corrected chi connectivity index (χ1v) is 8.67. The van der Waals surface area contributed by atoms with Crippen LogP contribution < -0.4 is 11.1 Å². The molecule has 3 aromatic heterocycles. The summed E-state index contributed by atoms with van der Waals surface area (Å²) in [6.45, 7) is 0.603. The maximum atomic E-state index is 12.6. The van der Waals surface area contributed by atoms with Crippen LogP contribution in [0.3, 0.4) is 0 Å². The number of pyridine rings is 1. The fourth-order valence-electron chi connectivity index (χ4n) is 2.98. The quantitative estimate of drug-likeness (QED) is 0.517. The van der Waals surface area contributed by atoms with E-state index in [4.69, 9.17) is 5.73 Å². The zero-order valence-electron chi connectivity index (χ0n) is 14.7. The molecule has 0 amide bonds. The molecule has 4 aromatic rings. The standard InChI is InChI=1S/C21H19N5O/c22-21-18(7-2-8-23-21)24-13-16-5-1-4-15(10-16)11-20(27)19-12-17-6-3-9-26(17)14-25-19/h1-10,12,14,24H,11,13H2,(H2,22,23). The molecular formula is C21H19N5O. The predicted molar refractivity (Wildman–Crippen MR) is 106 cm³/mol. The number of hydrogen-bond donors (Lipinski definition) is 2. The summed E-state index contributed by atoms with van der Waals surface area (Å²) in [5, 5.41) is 3.27. The Bertz CT molecular complexity index is 1100. The highest BCUT2D eigenvalue weighted by Crippen LogP contribution is 2.16. The number of nitrogens with zero attached hydrogens (tertiary/aromatic N) is 3. The Hall–Kier alpha value is -3.67. The number of Topliss-reactive ketones (excluding diaryl/α,β-unsaturated/α-hetero) is 1. The SMILES string of the molecule is Nc1ncccc1NCc1cccc(CC(=O)c2cc3cccn3cn2)c1. The molecular weight excluding hydrogens is 338 g/mol. The van der Waals surface area contributed by atoms with E-state index in [9.17, 15) is 4.79 Å². The van der Waals surface area contributed by atoms with Crippen molar-refractivity contribution in [2.45, 2.75) is 13.0 Å². The largest absolute Gasteiger partial charge is 0.382 e. The van der Waals surface area contributed by atoms with Gasteiger partial charge in [0.1, 0.15) is 11.5 Å². The lowest BCUT2D eigenvalue weighted by Gasteiger charge is -2.09. The minimum absolute atomic E-state index is 0.000290. The lowest BCUT2D eigenvalue weighted by atomic mass is 10.0. The molecule has 0 spiro atoms. The van der Waals surface area contributed by atoms with E-state index in [0.717, 1.165) is 22.3 Å². The van der Waals surface area contributed by atoms with Crippen molar-refractivity contribution in [3.63, 3.8) is 0 Å². The Morgan fingerprint density at radius 1 is 1.04 bits per heavy atom. The third-order valence-corrected chi connectivity index (χ3v) is 4.38. The van der Waals surface area contributed by atoms with Gasteiger partial charge in [-0.05, 0) is 41.5 Å². The van der Waals surface area contributed by atoms with E-state index in [1.807, 2.05) is 65.2 Å². The molecule has 27 heavy (non-hydrogen) atoms. The Kier molecular flexibility index (Phi) is 4.53. The summed E-state index contributed by atoms with van der Waals surface area (Å²) in [6.07, 6.45) is 5.54. The number of hydrogen-bond acceptors (Lipinski definition) is 5. The molecule has 4 rings (SSSR count). The van der Waals surface area contributed by atoms with Crippen LogP contribution in [0.1, 0.15) is 21.6 Å². The third kappa shape index (κ3) is 3.79. The Morgan fingerprint density at radius 3 is 2.81 bits per heavy atom. The van der Waals surface area contributed by atoms with Gasteiger partial charge in [-0.3, -0.25) is 4.79 Å². The third-order valence-electron chi connectivity index (χ3n) is 4.38.